The van der Waals surface area contributed by atoms with Gasteiger partial charge in [0.15, 0.2) is 5.82 Å². The first-order valence-corrected chi connectivity index (χ1v) is 7.17. The van der Waals surface area contributed by atoms with Crippen molar-refractivity contribution in [1.82, 2.24) is 19.7 Å². The number of aryl methyl sites for hydroxylation is 1. The Hall–Kier alpha value is -0.940. The number of aliphatic hydroxyl groups excluding tert-OH is 1. The van der Waals surface area contributed by atoms with Crippen LogP contribution in [0.15, 0.2) is 0 Å². The van der Waals surface area contributed by atoms with Gasteiger partial charge in [-0.1, -0.05) is 13.3 Å². The van der Waals surface area contributed by atoms with Gasteiger partial charge in [-0.05, 0) is 38.8 Å². The average molecular weight is 250 g/mol. The molecule has 0 bridgehead atoms. The van der Waals surface area contributed by atoms with Crippen LogP contribution in [0.1, 0.15) is 62.9 Å². The van der Waals surface area contributed by atoms with Crippen LogP contribution in [0.25, 0.3) is 0 Å². The average Bonchev–Trinajstić information content (AvgIpc) is 2.84. The maximum atomic E-state index is 9.94. The zero-order valence-corrected chi connectivity index (χ0v) is 11.0. The second kappa shape index (κ2) is 4.97. The molecule has 5 nitrogen and oxygen atoms in total. The molecule has 0 saturated carbocycles. The van der Waals surface area contributed by atoms with Gasteiger partial charge in [0.25, 0.3) is 0 Å². The first-order valence-electron chi connectivity index (χ1n) is 7.17. The van der Waals surface area contributed by atoms with Crippen molar-refractivity contribution in [2.24, 2.45) is 0 Å². The molecule has 1 fully saturated rings. The highest BCUT2D eigenvalue weighted by Crippen LogP contribution is 2.30. The minimum absolute atomic E-state index is 0.356. The maximum absolute atomic E-state index is 9.94. The van der Waals surface area contributed by atoms with E-state index in [0.717, 1.165) is 50.4 Å². The molecule has 1 N–H and O–H groups in total. The van der Waals surface area contributed by atoms with Crippen molar-refractivity contribution in [3.63, 3.8) is 0 Å². The Balaban J connectivity index is 1.87. The van der Waals surface area contributed by atoms with Crippen LogP contribution in [0.2, 0.25) is 0 Å². The summed E-state index contributed by atoms with van der Waals surface area (Å²) in [5, 5.41) is 14.5. The molecule has 1 aromatic heterocycles. The molecule has 1 saturated heterocycles. The lowest BCUT2D eigenvalue weighted by molar-refractivity contribution is 0.0632. The van der Waals surface area contributed by atoms with Crippen molar-refractivity contribution in [3.05, 3.63) is 11.6 Å². The molecule has 2 aliphatic rings. The van der Waals surface area contributed by atoms with E-state index in [4.69, 9.17) is 0 Å². The van der Waals surface area contributed by atoms with Crippen LogP contribution in [0.4, 0.5) is 0 Å². The molecule has 5 heteroatoms. The molecular weight excluding hydrogens is 228 g/mol. The number of likely N-dealkylation sites (tertiary alicyclic amines) is 1. The van der Waals surface area contributed by atoms with Crippen LogP contribution in [0.3, 0.4) is 0 Å². The third-order valence-electron chi connectivity index (χ3n) is 4.18. The summed E-state index contributed by atoms with van der Waals surface area (Å²) in [5.41, 5.74) is 0. The highest BCUT2D eigenvalue weighted by atomic mass is 16.3. The highest BCUT2D eigenvalue weighted by Gasteiger charge is 2.29. The molecule has 2 unspecified atom stereocenters. The Morgan fingerprint density at radius 2 is 2.17 bits per heavy atom. The van der Waals surface area contributed by atoms with Crippen molar-refractivity contribution >= 4 is 0 Å². The van der Waals surface area contributed by atoms with Gasteiger partial charge in [0.05, 0.1) is 6.04 Å². The quantitative estimate of drug-likeness (QED) is 0.867. The molecule has 0 aliphatic carbocycles. The normalized spacial score (nSPS) is 29.2. The summed E-state index contributed by atoms with van der Waals surface area (Å²) >= 11 is 0. The van der Waals surface area contributed by atoms with Crippen molar-refractivity contribution in [3.8, 4) is 0 Å². The molecule has 0 amide bonds. The Kier molecular flexibility index (Phi) is 3.35. The summed E-state index contributed by atoms with van der Waals surface area (Å²) in [6.45, 7) is 4.40. The summed E-state index contributed by atoms with van der Waals surface area (Å²) in [7, 11) is 0. The van der Waals surface area contributed by atoms with E-state index in [1.807, 2.05) is 0 Å². The second-order valence-electron chi connectivity index (χ2n) is 5.34. The molecule has 0 spiro atoms. The maximum Gasteiger partial charge on any atom is 0.168 e. The molecule has 0 aromatic carbocycles. The number of hydrogen-bond acceptors (Lipinski definition) is 4. The molecule has 2 aliphatic heterocycles. The third-order valence-corrected chi connectivity index (χ3v) is 4.18. The van der Waals surface area contributed by atoms with Crippen LogP contribution >= 0.6 is 0 Å². The van der Waals surface area contributed by atoms with Crippen molar-refractivity contribution in [2.45, 2.75) is 57.7 Å². The smallest absolute Gasteiger partial charge is 0.168 e. The topological polar surface area (TPSA) is 54.2 Å². The number of hydrogen-bond donors (Lipinski definition) is 1. The minimum Gasteiger partial charge on any atom is -0.372 e. The molecule has 3 rings (SSSR count). The van der Waals surface area contributed by atoms with E-state index in [1.54, 1.807) is 4.68 Å². The van der Waals surface area contributed by atoms with E-state index in [-0.39, 0.29) is 0 Å². The lowest BCUT2D eigenvalue weighted by Gasteiger charge is -2.32. The van der Waals surface area contributed by atoms with E-state index in [0.29, 0.717) is 6.04 Å². The summed E-state index contributed by atoms with van der Waals surface area (Å²) < 4.78 is 1.74. The molecule has 3 heterocycles. The summed E-state index contributed by atoms with van der Waals surface area (Å²) in [6.07, 6.45) is 5.98. The Bertz CT molecular complexity index is 417. The van der Waals surface area contributed by atoms with Gasteiger partial charge in [-0.25, -0.2) is 9.67 Å². The van der Waals surface area contributed by atoms with Crippen LogP contribution in [-0.4, -0.2) is 37.9 Å². The molecule has 100 valence electrons. The first kappa shape index (κ1) is 12.1. The lowest BCUT2D eigenvalue weighted by atomic mass is 10.0. The molecule has 1 aromatic rings. The Morgan fingerprint density at radius 1 is 1.28 bits per heavy atom. The second-order valence-corrected chi connectivity index (χ2v) is 5.34. The van der Waals surface area contributed by atoms with Gasteiger partial charge < -0.3 is 5.11 Å². The number of fused-ring (bicyclic) bond motifs is 1. The molecule has 18 heavy (non-hydrogen) atoms. The molecule has 0 radical (unpaired) electrons. The van der Waals surface area contributed by atoms with Crippen LogP contribution in [-0.2, 0) is 6.42 Å². The largest absolute Gasteiger partial charge is 0.372 e. The van der Waals surface area contributed by atoms with Gasteiger partial charge >= 0.3 is 0 Å². The van der Waals surface area contributed by atoms with E-state index in [2.05, 4.69) is 21.9 Å². The van der Waals surface area contributed by atoms with E-state index < -0.39 is 6.23 Å². The fourth-order valence-electron chi connectivity index (χ4n) is 3.15. The highest BCUT2D eigenvalue weighted by molar-refractivity contribution is 5.02. The SMILES string of the molecule is CCN1CCCCC1c1nc2n(n1)C(O)CCC2. The first-order chi connectivity index (χ1) is 8.79. The fourth-order valence-corrected chi connectivity index (χ4v) is 3.15. The number of aliphatic hydroxyl groups is 1. The zero-order valence-electron chi connectivity index (χ0n) is 11.0. The minimum atomic E-state index is -0.464. The van der Waals surface area contributed by atoms with Crippen LogP contribution in [0, 0.1) is 0 Å². The van der Waals surface area contributed by atoms with E-state index in [9.17, 15) is 5.11 Å². The predicted octanol–water partition coefficient (Wildman–Crippen LogP) is 1.65. The third kappa shape index (κ3) is 2.06. The van der Waals surface area contributed by atoms with E-state index in [1.165, 1.54) is 12.8 Å². The number of piperidine rings is 1. The Labute approximate surface area is 108 Å². The van der Waals surface area contributed by atoms with Crippen molar-refractivity contribution in [2.75, 3.05) is 13.1 Å². The summed E-state index contributed by atoms with van der Waals surface area (Å²) in [6, 6.07) is 0.356. The predicted molar refractivity (Wildman–Crippen MR) is 68.1 cm³/mol. The standard InChI is InChI=1S/C13H22N4O/c1-2-16-9-4-3-6-10(16)13-14-11-7-5-8-12(18)17(11)15-13/h10,12,18H,2-9H2,1H3. The molecule has 2 atom stereocenters. The number of aromatic nitrogens is 3. The lowest BCUT2D eigenvalue weighted by Crippen LogP contribution is -2.33. The molecular formula is C13H22N4O. The van der Waals surface area contributed by atoms with Crippen LogP contribution in [0.5, 0.6) is 0 Å². The van der Waals surface area contributed by atoms with Crippen LogP contribution < -0.4 is 0 Å². The summed E-state index contributed by atoms with van der Waals surface area (Å²) in [5.74, 6) is 1.89. The van der Waals surface area contributed by atoms with Gasteiger partial charge in [0.1, 0.15) is 12.1 Å². The van der Waals surface area contributed by atoms with Gasteiger partial charge in [-0.15, -0.1) is 0 Å². The van der Waals surface area contributed by atoms with E-state index >= 15 is 0 Å². The fraction of sp³-hybridized carbons (Fsp3) is 0.846. The zero-order chi connectivity index (χ0) is 12.5. The van der Waals surface area contributed by atoms with Gasteiger partial charge in [-0.2, -0.15) is 5.10 Å². The Morgan fingerprint density at radius 3 is 2.94 bits per heavy atom. The number of rotatable bonds is 2. The van der Waals surface area contributed by atoms with Crippen molar-refractivity contribution in [1.29, 1.82) is 0 Å². The van der Waals surface area contributed by atoms with Gasteiger partial charge in [-0.3, -0.25) is 4.90 Å². The number of nitrogens with zero attached hydrogens (tertiary/aromatic N) is 4. The summed E-state index contributed by atoms with van der Waals surface area (Å²) in [4.78, 5) is 7.13. The monoisotopic (exact) mass is 250 g/mol. The van der Waals surface area contributed by atoms with Gasteiger partial charge in [0.2, 0.25) is 0 Å². The van der Waals surface area contributed by atoms with Gasteiger partial charge in [0, 0.05) is 6.42 Å². The van der Waals surface area contributed by atoms with Crippen molar-refractivity contribution < 1.29 is 5.11 Å².